The monoisotopic (exact) mass is 665 g/mol. The molecule has 0 unspecified atom stereocenters. The minimum absolute atomic E-state index is 0.162. The summed E-state index contributed by atoms with van der Waals surface area (Å²) in [6.45, 7) is 27.8. The summed E-state index contributed by atoms with van der Waals surface area (Å²) < 4.78 is 0. The second kappa shape index (κ2) is 34.0. The van der Waals surface area contributed by atoms with Gasteiger partial charge in [0.1, 0.15) is 0 Å². The van der Waals surface area contributed by atoms with Crippen LogP contribution in [-0.4, -0.2) is 22.8 Å². The number of carboxylic acid groups (broad SMARTS) is 1. The first-order valence-electron chi connectivity index (χ1n) is 18.2. The van der Waals surface area contributed by atoms with Crippen molar-refractivity contribution in [3.63, 3.8) is 0 Å². The summed E-state index contributed by atoms with van der Waals surface area (Å²) in [6, 6.07) is 0. The number of aliphatic hydroxyl groups is 1. The van der Waals surface area contributed by atoms with E-state index >= 15 is 0 Å². The van der Waals surface area contributed by atoms with Crippen LogP contribution in [-0.2, 0) is 4.79 Å². The van der Waals surface area contributed by atoms with Gasteiger partial charge in [0.05, 0.1) is 6.61 Å². The van der Waals surface area contributed by atoms with Crippen molar-refractivity contribution < 1.29 is 15.0 Å². The Labute approximate surface area is 298 Å². The number of hydrogen-bond donors (Lipinski definition) is 2. The normalized spacial score (nSPS) is 12.7. The molecule has 0 aromatic rings. The van der Waals surface area contributed by atoms with Gasteiger partial charge in [0.25, 0.3) is 0 Å². The zero-order chi connectivity index (χ0) is 37.3. The van der Waals surface area contributed by atoms with E-state index in [1.165, 1.54) is 76.3 Å². The highest BCUT2D eigenvalue weighted by Crippen LogP contribution is 2.13. The van der Waals surface area contributed by atoms with Crippen molar-refractivity contribution in [2.24, 2.45) is 0 Å². The van der Waals surface area contributed by atoms with Gasteiger partial charge in [-0.25, -0.2) is 4.79 Å². The molecule has 48 heavy (non-hydrogen) atoms. The molecule has 0 heterocycles. The number of rotatable bonds is 20. The molecule has 0 saturated heterocycles. The summed E-state index contributed by atoms with van der Waals surface area (Å²) >= 11 is 0. The Morgan fingerprint density at radius 3 is 0.958 bits per heavy atom. The first-order valence-corrected chi connectivity index (χ1v) is 18.2. The standard InChI is InChI=1S/C15H24O2.C15H26O.C15H26/c1-12(2)7-5-8-13(3)9-6-10-14(4)11-15(16)17;1-13(2)7-5-8-14(3)9-6-10-15(4)11-12-16;1-6-14(4)10-8-12-15(5)11-7-9-13(2)3/h7,9,11H,5-6,8,10H2,1-4H3,(H,16,17);7,9,11,16H,5-6,8,10,12H2,1-4H3;6,9,12H,7-8,10-11H2,1-5H3/b13-9+,14-11+;14-9+,15-11+;14-6+,15-12+. The lowest BCUT2D eigenvalue weighted by molar-refractivity contribution is -0.131. The van der Waals surface area contributed by atoms with Crippen molar-refractivity contribution in [2.75, 3.05) is 6.61 Å². The van der Waals surface area contributed by atoms with Gasteiger partial charge in [-0.15, -0.1) is 0 Å². The third-order valence-corrected chi connectivity index (χ3v) is 7.67. The van der Waals surface area contributed by atoms with Crippen LogP contribution >= 0.6 is 0 Å². The summed E-state index contributed by atoms with van der Waals surface area (Å²) in [5.74, 6) is -0.855. The average molecular weight is 665 g/mol. The largest absolute Gasteiger partial charge is 0.478 e. The number of hydrogen-bond acceptors (Lipinski definition) is 2. The summed E-state index contributed by atoms with van der Waals surface area (Å²) in [4.78, 5) is 10.4. The van der Waals surface area contributed by atoms with Gasteiger partial charge in [-0.1, -0.05) is 98.8 Å². The Balaban J connectivity index is -0.000000634. The van der Waals surface area contributed by atoms with Crippen LogP contribution in [0.2, 0.25) is 0 Å². The molecule has 2 N–H and O–H groups in total. The van der Waals surface area contributed by atoms with Crippen LogP contribution in [0.4, 0.5) is 0 Å². The van der Waals surface area contributed by atoms with E-state index in [0.29, 0.717) is 0 Å². The van der Waals surface area contributed by atoms with Gasteiger partial charge >= 0.3 is 5.97 Å². The molecule has 0 spiro atoms. The van der Waals surface area contributed by atoms with E-state index in [9.17, 15) is 4.79 Å². The average Bonchev–Trinajstić information content (AvgIpc) is 2.97. The van der Waals surface area contributed by atoms with E-state index in [2.05, 4.69) is 126 Å². The fourth-order valence-electron chi connectivity index (χ4n) is 4.40. The van der Waals surface area contributed by atoms with E-state index in [1.54, 1.807) is 0 Å². The highest BCUT2D eigenvalue weighted by atomic mass is 16.4. The van der Waals surface area contributed by atoms with Gasteiger partial charge in [-0.05, 0) is 167 Å². The zero-order valence-electron chi connectivity index (χ0n) is 33.7. The second-order valence-corrected chi connectivity index (χ2v) is 13.9. The molecule has 274 valence electrons. The molecule has 0 fully saturated rings. The highest BCUT2D eigenvalue weighted by molar-refractivity contribution is 5.80. The van der Waals surface area contributed by atoms with Gasteiger partial charge < -0.3 is 10.2 Å². The van der Waals surface area contributed by atoms with Gasteiger partial charge in [0.15, 0.2) is 0 Å². The first kappa shape index (κ1) is 49.5. The second-order valence-electron chi connectivity index (χ2n) is 13.9. The third kappa shape index (κ3) is 43.1. The van der Waals surface area contributed by atoms with E-state index in [0.717, 1.165) is 56.9 Å². The number of aliphatic hydroxyl groups excluding tert-OH is 1. The Hall–Kier alpha value is -2.91. The molecule has 0 atom stereocenters. The van der Waals surface area contributed by atoms with Gasteiger partial charge in [-0.3, -0.25) is 0 Å². The molecule has 3 nitrogen and oxygen atoms in total. The van der Waals surface area contributed by atoms with Gasteiger partial charge in [0.2, 0.25) is 0 Å². The van der Waals surface area contributed by atoms with Crippen LogP contribution in [0, 0.1) is 0 Å². The minimum Gasteiger partial charge on any atom is -0.478 e. The van der Waals surface area contributed by atoms with Crippen LogP contribution in [0.1, 0.15) is 167 Å². The molecule has 0 aliphatic heterocycles. The fourth-order valence-corrected chi connectivity index (χ4v) is 4.40. The molecule has 0 aromatic heterocycles. The minimum atomic E-state index is -0.855. The fraction of sp³-hybridized carbons (Fsp3) is 0.578. The zero-order valence-corrected chi connectivity index (χ0v) is 33.7. The van der Waals surface area contributed by atoms with Crippen LogP contribution in [0.15, 0.2) is 105 Å². The lowest BCUT2D eigenvalue weighted by Crippen LogP contribution is -1.89. The van der Waals surface area contributed by atoms with Crippen LogP contribution in [0.5, 0.6) is 0 Å². The van der Waals surface area contributed by atoms with Crippen LogP contribution in [0.25, 0.3) is 0 Å². The van der Waals surface area contributed by atoms with E-state index < -0.39 is 5.97 Å². The smallest absolute Gasteiger partial charge is 0.328 e. The Kier molecular flexibility index (Phi) is 35.0. The molecule has 0 aliphatic carbocycles. The summed E-state index contributed by atoms with van der Waals surface area (Å²) in [5, 5.41) is 17.3. The van der Waals surface area contributed by atoms with Gasteiger partial charge in [0, 0.05) is 6.08 Å². The lowest BCUT2D eigenvalue weighted by Gasteiger charge is -2.00. The van der Waals surface area contributed by atoms with Crippen molar-refractivity contribution in [3.8, 4) is 0 Å². The topological polar surface area (TPSA) is 57.5 Å². The number of carbonyl (C=O) groups is 1. The molecule has 0 saturated carbocycles. The van der Waals surface area contributed by atoms with Crippen LogP contribution in [0.3, 0.4) is 0 Å². The maximum Gasteiger partial charge on any atom is 0.328 e. The van der Waals surface area contributed by atoms with Crippen LogP contribution < -0.4 is 0 Å². The molecule has 0 aromatic carbocycles. The van der Waals surface area contributed by atoms with Crippen molar-refractivity contribution in [1.82, 2.24) is 0 Å². The molecule has 0 aliphatic rings. The van der Waals surface area contributed by atoms with Gasteiger partial charge in [-0.2, -0.15) is 0 Å². The summed E-state index contributed by atoms with van der Waals surface area (Å²) in [7, 11) is 0. The Bertz CT molecular complexity index is 1130. The lowest BCUT2D eigenvalue weighted by atomic mass is 10.1. The molecule has 0 amide bonds. The molecule has 3 heteroatoms. The SMILES string of the molecule is C/C=C(\C)CC/C=C(\C)CCC=C(C)C.CC(C)=CCC/C(C)=C/CC/C(C)=C/C(=O)O.CC(C)=CCC/C(C)=C/CC/C(C)=C/CO. The van der Waals surface area contributed by atoms with E-state index in [-0.39, 0.29) is 6.61 Å². The maximum absolute atomic E-state index is 10.4. The number of aliphatic carboxylic acids is 1. The highest BCUT2D eigenvalue weighted by Gasteiger charge is 1.95. The summed E-state index contributed by atoms with van der Waals surface area (Å²) in [5.41, 5.74) is 12.2. The molecule has 0 rings (SSSR count). The molecule has 0 bridgehead atoms. The Morgan fingerprint density at radius 2 is 0.688 bits per heavy atom. The number of carboxylic acids is 1. The van der Waals surface area contributed by atoms with Crippen molar-refractivity contribution in [2.45, 2.75) is 167 Å². The molecular formula is C45H76O3. The predicted molar refractivity (Wildman–Crippen MR) is 217 cm³/mol. The van der Waals surface area contributed by atoms with Crippen molar-refractivity contribution >= 4 is 5.97 Å². The Morgan fingerprint density at radius 1 is 0.417 bits per heavy atom. The van der Waals surface area contributed by atoms with E-state index in [1.807, 2.05) is 13.0 Å². The van der Waals surface area contributed by atoms with Crippen molar-refractivity contribution in [1.29, 1.82) is 0 Å². The van der Waals surface area contributed by atoms with E-state index in [4.69, 9.17) is 10.2 Å². The van der Waals surface area contributed by atoms with Crippen molar-refractivity contribution in [3.05, 3.63) is 105 Å². The molecular weight excluding hydrogens is 588 g/mol. The third-order valence-electron chi connectivity index (χ3n) is 7.67. The quantitative estimate of drug-likeness (QED) is 0.101. The predicted octanol–water partition coefficient (Wildman–Crippen LogP) is 14.3. The maximum atomic E-state index is 10.4. The first-order chi connectivity index (χ1) is 22.5. The summed E-state index contributed by atoms with van der Waals surface area (Å²) in [6.07, 6.45) is 32.3. The molecule has 0 radical (unpaired) electrons. The number of allylic oxidation sites excluding steroid dienone is 16.